The minimum atomic E-state index is -0.0265. The molecule has 0 spiro atoms. The summed E-state index contributed by atoms with van der Waals surface area (Å²) in [6.07, 6.45) is 4.70. The van der Waals surface area contributed by atoms with Crippen molar-refractivity contribution in [2.75, 3.05) is 18.9 Å². The number of fused-ring (bicyclic) bond motifs is 1. The van der Waals surface area contributed by atoms with Crippen LogP contribution < -0.4 is 15.8 Å². The molecule has 1 aliphatic rings. The van der Waals surface area contributed by atoms with Crippen molar-refractivity contribution in [2.24, 2.45) is 5.92 Å². The highest BCUT2D eigenvalue weighted by atomic mass is 16.5. The van der Waals surface area contributed by atoms with Gasteiger partial charge in [0.1, 0.15) is 12.4 Å². The zero-order valence-corrected chi connectivity index (χ0v) is 17.7. The Hall–Kier alpha value is -2.34. The molecule has 2 aromatic rings. The quantitative estimate of drug-likeness (QED) is 0.656. The SMILES string of the molecule is Cc1cc(N)c2c(OC3CCC(NC(=O)COCCC(C)C)CC3)cccc2n1. The molecule has 1 heterocycles. The molecular weight excluding hydrogens is 366 g/mol. The summed E-state index contributed by atoms with van der Waals surface area (Å²) in [5, 5.41) is 3.97. The highest BCUT2D eigenvalue weighted by molar-refractivity contribution is 5.95. The van der Waals surface area contributed by atoms with Crippen molar-refractivity contribution < 1.29 is 14.3 Å². The minimum absolute atomic E-state index is 0.0265. The van der Waals surface area contributed by atoms with Crippen molar-refractivity contribution in [3.8, 4) is 5.75 Å². The van der Waals surface area contributed by atoms with E-state index in [0.717, 1.165) is 54.5 Å². The second-order valence-electron chi connectivity index (χ2n) is 8.40. The standard InChI is InChI=1S/C23H33N3O3/c1-15(2)11-12-28-14-22(27)26-17-7-9-18(10-8-17)29-21-6-4-5-20-23(21)19(24)13-16(3)25-20/h4-6,13,15,17-18H,7-12,14H2,1-3H3,(H2,24,25)(H,26,27). The normalized spacial score (nSPS) is 19.4. The van der Waals surface area contributed by atoms with Crippen LogP contribution in [-0.4, -0.2) is 36.3 Å². The van der Waals surface area contributed by atoms with Crippen LogP contribution in [0.3, 0.4) is 0 Å². The number of benzene rings is 1. The zero-order valence-electron chi connectivity index (χ0n) is 17.7. The van der Waals surface area contributed by atoms with Crippen LogP contribution in [0, 0.1) is 12.8 Å². The predicted molar refractivity (Wildman–Crippen MR) is 116 cm³/mol. The lowest BCUT2D eigenvalue weighted by Gasteiger charge is -2.30. The van der Waals surface area contributed by atoms with Crippen molar-refractivity contribution >= 4 is 22.5 Å². The van der Waals surface area contributed by atoms with Gasteiger partial charge in [-0.25, -0.2) is 0 Å². The molecule has 1 aromatic heterocycles. The molecule has 6 nitrogen and oxygen atoms in total. The average molecular weight is 400 g/mol. The Labute approximate surface area is 173 Å². The first-order chi connectivity index (χ1) is 13.9. The third-order valence-electron chi connectivity index (χ3n) is 5.36. The summed E-state index contributed by atoms with van der Waals surface area (Å²) in [6.45, 7) is 7.01. The van der Waals surface area contributed by atoms with Gasteiger partial charge in [-0.15, -0.1) is 0 Å². The molecule has 0 bridgehead atoms. The third kappa shape index (κ3) is 6.07. The number of carbonyl (C=O) groups excluding carboxylic acids is 1. The fourth-order valence-corrected chi connectivity index (χ4v) is 3.78. The second-order valence-corrected chi connectivity index (χ2v) is 8.40. The van der Waals surface area contributed by atoms with Gasteiger partial charge in [-0.2, -0.15) is 0 Å². The Morgan fingerprint density at radius 3 is 2.76 bits per heavy atom. The molecule has 3 N–H and O–H groups in total. The Bertz CT molecular complexity index is 829. The van der Waals surface area contributed by atoms with Crippen molar-refractivity contribution in [2.45, 2.75) is 65.0 Å². The van der Waals surface area contributed by atoms with E-state index >= 15 is 0 Å². The molecule has 1 aromatic carbocycles. The number of hydrogen-bond donors (Lipinski definition) is 2. The molecule has 1 amide bonds. The largest absolute Gasteiger partial charge is 0.490 e. The van der Waals surface area contributed by atoms with Crippen molar-refractivity contribution in [3.63, 3.8) is 0 Å². The maximum absolute atomic E-state index is 12.1. The van der Waals surface area contributed by atoms with Gasteiger partial charge in [0.15, 0.2) is 0 Å². The predicted octanol–water partition coefficient (Wildman–Crippen LogP) is 3.99. The van der Waals surface area contributed by atoms with Crippen LogP contribution in [0.5, 0.6) is 5.75 Å². The number of carbonyl (C=O) groups is 1. The second kappa shape index (κ2) is 9.92. The van der Waals surface area contributed by atoms with Crippen LogP contribution in [0.4, 0.5) is 5.69 Å². The molecule has 3 rings (SSSR count). The third-order valence-corrected chi connectivity index (χ3v) is 5.36. The summed E-state index contributed by atoms with van der Waals surface area (Å²) in [5.41, 5.74) is 8.68. The molecule has 1 aliphatic carbocycles. The summed E-state index contributed by atoms with van der Waals surface area (Å²) in [4.78, 5) is 16.6. The molecule has 1 fully saturated rings. The number of aromatic nitrogens is 1. The Morgan fingerprint density at radius 1 is 1.28 bits per heavy atom. The van der Waals surface area contributed by atoms with E-state index in [0.29, 0.717) is 18.2 Å². The topological polar surface area (TPSA) is 86.5 Å². The molecule has 0 atom stereocenters. The fraction of sp³-hybridized carbons (Fsp3) is 0.565. The van der Waals surface area contributed by atoms with Crippen molar-refractivity contribution in [1.29, 1.82) is 0 Å². The van der Waals surface area contributed by atoms with E-state index in [1.165, 1.54) is 0 Å². The van der Waals surface area contributed by atoms with E-state index in [4.69, 9.17) is 15.2 Å². The van der Waals surface area contributed by atoms with Crippen LogP contribution >= 0.6 is 0 Å². The lowest BCUT2D eigenvalue weighted by Crippen LogP contribution is -2.41. The monoisotopic (exact) mass is 399 g/mol. The van der Waals surface area contributed by atoms with Gasteiger partial charge in [-0.05, 0) is 63.1 Å². The Kier molecular flexibility index (Phi) is 7.31. The summed E-state index contributed by atoms with van der Waals surface area (Å²) in [5.74, 6) is 1.35. The maximum Gasteiger partial charge on any atom is 0.246 e. The highest BCUT2D eigenvalue weighted by Crippen LogP contribution is 2.33. The Balaban J connectivity index is 1.48. The fourth-order valence-electron chi connectivity index (χ4n) is 3.78. The number of hydrogen-bond acceptors (Lipinski definition) is 5. The van der Waals surface area contributed by atoms with Crippen LogP contribution in [0.25, 0.3) is 10.9 Å². The number of anilines is 1. The van der Waals surface area contributed by atoms with Gasteiger partial charge in [0.2, 0.25) is 5.91 Å². The summed E-state index contributed by atoms with van der Waals surface area (Å²) < 4.78 is 11.7. The molecule has 1 saturated carbocycles. The highest BCUT2D eigenvalue weighted by Gasteiger charge is 2.24. The van der Waals surface area contributed by atoms with Crippen LogP contribution in [-0.2, 0) is 9.53 Å². The van der Waals surface area contributed by atoms with Gasteiger partial charge in [0.25, 0.3) is 0 Å². The van der Waals surface area contributed by atoms with E-state index in [9.17, 15) is 4.79 Å². The van der Waals surface area contributed by atoms with E-state index in [1.54, 1.807) is 0 Å². The van der Waals surface area contributed by atoms with Gasteiger partial charge < -0.3 is 20.5 Å². The number of ether oxygens (including phenoxy) is 2. The van der Waals surface area contributed by atoms with Gasteiger partial charge in [-0.1, -0.05) is 19.9 Å². The first-order valence-corrected chi connectivity index (χ1v) is 10.6. The van der Waals surface area contributed by atoms with Crippen LogP contribution in [0.1, 0.15) is 51.6 Å². The summed E-state index contributed by atoms with van der Waals surface area (Å²) in [7, 11) is 0. The molecule has 0 unspecified atom stereocenters. The van der Waals surface area contributed by atoms with Crippen LogP contribution in [0.2, 0.25) is 0 Å². The molecule has 6 heteroatoms. The first kappa shape index (κ1) is 21.4. The number of pyridine rings is 1. The smallest absolute Gasteiger partial charge is 0.246 e. The number of amides is 1. The summed E-state index contributed by atoms with van der Waals surface area (Å²) >= 11 is 0. The number of nitrogen functional groups attached to an aromatic ring is 1. The number of nitrogens with two attached hydrogens (primary N) is 1. The lowest BCUT2D eigenvalue weighted by atomic mass is 9.93. The van der Waals surface area contributed by atoms with Crippen molar-refractivity contribution in [3.05, 3.63) is 30.0 Å². The zero-order chi connectivity index (χ0) is 20.8. The van der Waals surface area contributed by atoms with Gasteiger partial charge in [-0.3, -0.25) is 9.78 Å². The molecule has 158 valence electrons. The number of rotatable bonds is 8. The summed E-state index contributed by atoms with van der Waals surface area (Å²) in [6, 6.07) is 7.94. The first-order valence-electron chi connectivity index (χ1n) is 10.6. The van der Waals surface area contributed by atoms with Gasteiger partial charge in [0, 0.05) is 24.0 Å². The lowest BCUT2D eigenvalue weighted by molar-refractivity contribution is -0.126. The molecule has 0 radical (unpaired) electrons. The number of nitrogens with zero attached hydrogens (tertiary/aromatic N) is 1. The van der Waals surface area contributed by atoms with Crippen molar-refractivity contribution in [1.82, 2.24) is 10.3 Å². The molecule has 0 aliphatic heterocycles. The van der Waals surface area contributed by atoms with Gasteiger partial charge >= 0.3 is 0 Å². The van der Waals surface area contributed by atoms with E-state index in [1.807, 2.05) is 31.2 Å². The maximum atomic E-state index is 12.1. The number of nitrogens with one attached hydrogen (secondary N) is 1. The van der Waals surface area contributed by atoms with Gasteiger partial charge in [0.05, 0.1) is 17.0 Å². The van der Waals surface area contributed by atoms with E-state index in [2.05, 4.69) is 24.1 Å². The molecule has 0 saturated heterocycles. The Morgan fingerprint density at radius 2 is 2.03 bits per heavy atom. The number of aryl methyl sites for hydroxylation is 1. The van der Waals surface area contributed by atoms with Crippen LogP contribution in [0.15, 0.2) is 24.3 Å². The molecule has 29 heavy (non-hydrogen) atoms. The van der Waals surface area contributed by atoms with E-state index in [-0.39, 0.29) is 24.7 Å². The average Bonchev–Trinajstić information content (AvgIpc) is 2.66. The van der Waals surface area contributed by atoms with E-state index < -0.39 is 0 Å². The minimum Gasteiger partial charge on any atom is -0.490 e. The molecular formula is C23H33N3O3.